The minimum Gasteiger partial charge on any atom is -0.396 e. The Kier molecular flexibility index (Phi) is 2.79. The molecule has 0 bridgehead atoms. The number of benzene rings is 2. The Morgan fingerprint density at radius 3 is 2.24 bits per heavy atom. The molecule has 0 spiro atoms. The quantitative estimate of drug-likeness (QED) is 0.752. The van der Waals surface area contributed by atoms with E-state index in [0.717, 1.165) is 12.1 Å². The van der Waals surface area contributed by atoms with Crippen molar-refractivity contribution in [2.24, 2.45) is 0 Å². The highest BCUT2D eigenvalue weighted by atomic mass is 19.1. The summed E-state index contributed by atoms with van der Waals surface area (Å²) in [6.07, 6.45) is 0. The summed E-state index contributed by atoms with van der Waals surface area (Å²) < 4.78 is 39.9. The van der Waals surface area contributed by atoms with Gasteiger partial charge in [0.2, 0.25) is 0 Å². The number of rotatable bonds is 1. The number of hydrogen-bond acceptors (Lipinski definition) is 1. The van der Waals surface area contributed by atoms with Gasteiger partial charge in [-0.15, -0.1) is 0 Å². The Balaban J connectivity index is 2.60. The third-order valence-electron chi connectivity index (χ3n) is 2.56. The zero-order valence-electron chi connectivity index (χ0n) is 9.10. The summed E-state index contributed by atoms with van der Waals surface area (Å²) in [5.41, 5.74) is 5.86. The van der Waals surface area contributed by atoms with Crippen LogP contribution in [-0.4, -0.2) is 0 Å². The molecule has 2 aromatic rings. The first-order valence-corrected chi connectivity index (χ1v) is 5.00. The number of nitrogen functional groups attached to an aromatic ring is 1. The summed E-state index contributed by atoms with van der Waals surface area (Å²) in [6, 6.07) is 6.01. The lowest BCUT2D eigenvalue weighted by Crippen LogP contribution is -1.95. The van der Waals surface area contributed by atoms with E-state index in [4.69, 9.17) is 5.73 Å². The van der Waals surface area contributed by atoms with Gasteiger partial charge < -0.3 is 5.73 Å². The van der Waals surface area contributed by atoms with Crippen LogP contribution in [0.3, 0.4) is 0 Å². The predicted octanol–water partition coefficient (Wildman–Crippen LogP) is 3.66. The van der Waals surface area contributed by atoms with Crippen LogP contribution in [0.2, 0.25) is 0 Å². The zero-order chi connectivity index (χ0) is 12.6. The first-order valence-electron chi connectivity index (χ1n) is 5.00. The van der Waals surface area contributed by atoms with Gasteiger partial charge in [-0.1, -0.05) is 6.07 Å². The molecule has 0 radical (unpaired) electrons. The second-order valence-corrected chi connectivity index (χ2v) is 3.82. The van der Waals surface area contributed by atoms with Crippen LogP contribution in [0.1, 0.15) is 5.56 Å². The van der Waals surface area contributed by atoms with Crippen LogP contribution < -0.4 is 5.73 Å². The number of hydrogen-bond donors (Lipinski definition) is 1. The lowest BCUT2D eigenvalue weighted by atomic mass is 10.0. The highest BCUT2D eigenvalue weighted by molar-refractivity contribution is 5.67. The second-order valence-electron chi connectivity index (χ2n) is 3.82. The summed E-state index contributed by atoms with van der Waals surface area (Å²) in [5, 5.41) is 0. The van der Waals surface area contributed by atoms with Crippen molar-refractivity contribution < 1.29 is 13.2 Å². The van der Waals surface area contributed by atoms with E-state index in [1.54, 1.807) is 6.92 Å². The fourth-order valence-corrected chi connectivity index (χ4v) is 1.60. The molecule has 0 amide bonds. The molecule has 0 unspecified atom stereocenters. The zero-order valence-corrected chi connectivity index (χ0v) is 9.10. The third-order valence-corrected chi connectivity index (χ3v) is 2.56. The Morgan fingerprint density at radius 2 is 1.59 bits per heavy atom. The molecule has 0 fully saturated rings. The summed E-state index contributed by atoms with van der Waals surface area (Å²) >= 11 is 0. The van der Waals surface area contributed by atoms with Crippen LogP contribution >= 0.6 is 0 Å². The second kappa shape index (κ2) is 4.13. The average molecular weight is 237 g/mol. The van der Waals surface area contributed by atoms with Gasteiger partial charge in [0, 0.05) is 11.6 Å². The topological polar surface area (TPSA) is 26.0 Å². The lowest BCUT2D eigenvalue weighted by Gasteiger charge is -2.07. The molecule has 88 valence electrons. The Morgan fingerprint density at radius 1 is 0.882 bits per heavy atom. The van der Waals surface area contributed by atoms with Crippen molar-refractivity contribution in [1.29, 1.82) is 0 Å². The monoisotopic (exact) mass is 237 g/mol. The number of nitrogens with two attached hydrogens (primary N) is 1. The van der Waals surface area contributed by atoms with Gasteiger partial charge in [-0.05, 0) is 36.2 Å². The fraction of sp³-hybridized carbons (Fsp3) is 0.0769. The Hall–Kier alpha value is -1.97. The summed E-state index contributed by atoms with van der Waals surface area (Å²) in [4.78, 5) is 0. The van der Waals surface area contributed by atoms with E-state index in [0.29, 0.717) is 11.1 Å². The van der Waals surface area contributed by atoms with Crippen molar-refractivity contribution in [1.82, 2.24) is 0 Å². The van der Waals surface area contributed by atoms with E-state index < -0.39 is 11.6 Å². The third kappa shape index (κ3) is 2.11. The normalized spacial score (nSPS) is 10.6. The van der Waals surface area contributed by atoms with Crippen LogP contribution in [-0.2, 0) is 0 Å². The van der Waals surface area contributed by atoms with E-state index in [9.17, 15) is 13.2 Å². The van der Waals surface area contributed by atoms with Crippen LogP contribution in [0, 0.1) is 24.4 Å². The maximum atomic E-state index is 13.6. The maximum absolute atomic E-state index is 13.6. The van der Waals surface area contributed by atoms with E-state index >= 15 is 0 Å². The highest BCUT2D eigenvalue weighted by Gasteiger charge is 2.10. The molecule has 1 nitrogen and oxygen atoms in total. The molecule has 2 aromatic carbocycles. The molecule has 2 rings (SSSR count). The molecule has 0 saturated carbocycles. The van der Waals surface area contributed by atoms with Gasteiger partial charge in [0.15, 0.2) is 0 Å². The van der Waals surface area contributed by atoms with Gasteiger partial charge in [-0.3, -0.25) is 0 Å². The molecule has 0 saturated heterocycles. The van der Waals surface area contributed by atoms with Crippen molar-refractivity contribution in [3.63, 3.8) is 0 Å². The van der Waals surface area contributed by atoms with Crippen molar-refractivity contribution in [3.05, 3.63) is 53.3 Å². The summed E-state index contributed by atoms with van der Waals surface area (Å²) in [6.45, 7) is 1.56. The number of aryl methyl sites for hydroxylation is 1. The van der Waals surface area contributed by atoms with Crippen LogP contribution in [0.25, 0.3) is 11.1 Å². The van der Waals surface area contributed by atoms with E-state index in [1.165, 1.54) is 18.2 Å². The first-order chi connectivity index (χ1) is 7.99. The van der Waals surface area contributed by atoms with Gasteiger partial charge in [-0.2, -0.15) is 0 Å². The molecular formula is C13H10F3N. The van der Waals surface area contributed by atoms with Gasteiger partial charge in [0.05, 0.1) is 5.69 Å². The summed E-state index contributed by atoms with van der Waals surface area (Å²) in [7, 11) is 0. The van der Waals surface area contributed by atoms with E-state index in [2.05, 4.69) is 0 Å². The molecule has 4 heteroatoms. The molecule has 2 N–H and O–H groups in total. The molecule has 0 heterocycles. The Bertz CT molecular complexity index is 579. The summed E-state index contributed by atoms with van der Waals surface area (Å²) in [5.74, 6) is -1.71. The van der Waals surface area contributed by atoms with Gasteiger partial charge in [0.25, 0.3) is 0 Å². The van der Waals surface area contributed by atoms with Gasteiger partial charge >= 0.3 is 0 Å². The number of anilines is 1. The largest absolute Gasteiger partial charge is 0.396 e. The van der Waals surface area contributed by atoms with Crippen LogP contribution in [0.4, 0.5) is 18.9 Å². The molecular weight excluding hydrogens is 227 g/mol. The van der Waals surface area contributed by atoms with E-state index in [1.807, 2.05) is 0 Å². The minimum absolute atomic E-state index is 0.0693. The molecule has 17 heavy (non-hydrogen) atoms. The lowest BCUT2D eigenvalue weighted by molar-refractivity contribution is 0.606. The highest BCUT2D eigenvalue weighted by Crippen LogP contribution is 2.27. The first kappa shape index (κ1) is 11.5. The predicted molar refractivity (Wildman–Crippen MR) is 60.9 cm³/mol. The number of halogens is 3. The van der Waals surface area contributed by atoms with Crippen molar-refractivity contribution >= 4 is 5.69 Å². The Labute approximate surface area is 96.7 Å². The fourth-order valence-electron chi connectivity index (χ4n) is 1.60. The van der Waals surface area contributed by atoms with Gasteiger partial charge in [0.1, 0.15) is 17.5 Å². The maximum Gasteiger partial charge on any atom is 0.146 e. The van der Waals surface area contributed by atoms with Crippen LogP contribution in [0.15, 0.2) is 30.3 Å². The van der Waals surface area contributed by atoms with Crippen molar-refractivity contribution in [3.8, 4) is 11.1 Å². The smallest absolute Gasteiger partial charge is 0.146 e. The van der Waals surface area contributed by atoms with Gasteiger partial charge in [-0.25, -0.2) is 13.2 Å². The van der Waals surface area contributed by atoms with E-state index in [-0.39, 0.29) is 17.1 Å². The van der Waals surface area contributed by atoms with Crippen molar-refractivity contribution in [2.45, 2.75) is 6.92 Å². The average Bonchev–Trinajstić information content (AvgIpc) is 2.27. The van der Waals surface area contributed by atoms with Crippen LogP contribution in [0.5, 0.6) is 0 Å². The molecule has 0 atom stereocenters. The molecule has 0 aliphatic carbocycles. The van der Waals surface area contributed by atoms with Crippen molar-refractivity contribution in [2.75, 3.05) is 5.73 Å². The molecule has 0 aromatic heterocycles. The minimum atomic E-state index is -0.691. The molecule has 0 aliphatic heterocycles. The standard InChI is InChI=1S/C13H10F3N/c1-7-4-8(2-3-10(7)14)9-5-12(16)13(17)6-11(9)15/h2-6H,17H2,1H3. The molecule has 0 aliphatic rings. The SMILES string of the molecule is Cc1cc(-c2cc(F)c(N)cc2F)ccc1F.